The van der Waals surface area contributed by atoms with E-state index in [2.05, 4.69) is 5.10 Å². The van der Waals surface area contributed by atoms with Crippen molar-refractivity contribution in [2.75, 3.05) is 0 Å². The van der Waals surface area contributed by atoms with E-state index < -0.39 is 29.1 Å². The van der Waals surface area contributed by atoms with E-state index in [0.29, 0.717) is 17.8 Å². The van der Waals surface area contributed by atoms with Gasteiger partial charge in [0.25, 0.3) is 0 Å². The number of hydrogen-bond donors (Lipinski definition) is 1. The molecule has 1 unspecified atom stereocenters. The second kappa shape index (κ2) is 5.66. The smallest absolute Gasteiger partial charge is 0.134 e. The second-order valence-electron chi connectivity index (χ2n) is 4.88. The Labute approximate surface area is 114 Å². The minimum Gasteiger partial charge on any atom is -0.388 e. The fraction of sp³-hybridized carbons (Fsp3) is 0.357. The largest absolute Gasteiger partial charge is 0.388 e. The average Bonchev–Trinajstić information content (AvgIpc) is 2.75. The molecule has 20 heavy (non-hydrogen) atoms. The molecule has 0 aliphatic heterocycles. The van der Waals surface area contributed by atoms with Gasteiger partial charge in [-0.15, -0.1) is 0 Å². The van der Waals surface area contributed by atoms with Gasteiger partial charge in [0.05, 0.1) is 17.4 Å². The summed E-state index contributed by atoms with van der Waals surface area (Å²) in [6.07, 6.45) is 0.273. The molecule has 0 saturated carbocycles. The van der Waals surface area contributed by atoms with Gasteiger partial charge in [0, 0.05) is 30.8 Å². The molecule has 0 amide bonds. The maximum Gasteiger partial charge on any atom is 0.134 e. The molecule has 0 radical (unpaired) electrons. The molecule has 0 fully saturated rings. The standard InChI is InChI=1S/C14H15F3N2O/c1-8(2)19-4-3-10(18-19)7-13(20)14-11(16)5-9(15)6-12(14)17/h3-6,8,13,20H,7H2,1-2H3. The van der Waals surface area contributed by atoms with E-state index in [1.54, 1.807) is 16.9 Å². The SMILES string of the molecule is CC(C)n1ccc(CC(O)c2c(F)cc(F)cc2F)n1. The highest BCUT2D eigenvalue weighted by molar-refractivity contribution is 5.24. The first-order valence-corrected chi connectivity index (χ1v) is 6.25. The minimum atomic E-state index is -1.41. The van der Waals surface area contributed by atoms with Crippen molar-refractivity contribution in [2.24, 2.45) is 0 Å². The summed E-state index contributed by atoms with van der Waals surface area (Å²) in [6.45, 7) is 3.87. The van der Waals surface area contributed by atoms with Gasteiger partial charge in [-0.25, -0.2) is 13.2 Å². The maximum atomic E-state index is 13.5. The predicted octanol–water partition coefficient (Wildman–Crippen LogP) is 3.16. The van der Waals surface area contributed by atoms with Gasteiger partial charge in [0.15, 0.2) is 0 Å². The van der Waals surface area contributed by atoms with Gasteiger partial charge in [0.1, 0.15) is 17.5 Å². The molecule has 0 aliphatic rings. The summed E-state index contributed by atoms with van der Waals surface area (Å²) in [6, 6.07) is 2.92. The number of benzene rings is 1. The average molecular weight is 284 g/mol. The normalized spacial score (nSPS) is 12.9. The summed E-state index contributed by atoms with van der Waals surface area (Å²) in [5.74, 6) is -3.21. The van der Waals surface area contributed by atoms with Crippen LogP contribution in [0.15, 0.2) is 24.4 Å². The predicted molar refractivity (Wildman–Crippen MR) is 67.6 cm³/mol. The lowest BCUT2D eigenvalue weighted by Crippen LogP contribution is -2.09. The Hall–Kier alpha value is -1.82. The number of aliphatic hydroxyl groups excluding tert-OH is 1. The summed E-state index contributed by atoms with van der Waals surface area (Å²) in [4.78, 5) is 0. The lowest BCUT2D eigenvalue weighted by molar-refractivity contribution is 0.166. The van der Waals surface area contributed by atoms with Crippen molar-refractivity contribution in [1.29, 1.82) is 0 Å². The monoisotopic (exact) mass is 284 g/mol. The number of hydrogen-bond acceptors (Lipinski definition) is 2. The van der Waals surface area contributed by atoms with Gasteiger partial charge >= 0.3 is 0 Å². The third-order valence-electron chi connectivity index (χ3n) is 2.97. The molecule has 0 spiro atoms. The van der Waals surface area contributed by atoms with Crippen molar-refractivity contribution in [3.8, 4) is 0 Å². The van der Waals surface area contributed by atoms with Gasteiger partial charge < -0.3 is 5.11 Å². The van der Waals surface area contributed by atoms with Crippen molar-refractivity contribution in [1.82, 2.24) is 9.78 Å². The van der Waals surface area contributed by atoms with Gasteiger partial charge in [0.2, 0.25) is 0 Å². The van der Waals surface area contributed by atoms with E-state index in [4.69, 9.17) is 0 Å². The first-order chi connectivity index (χ1) is 9.38. The van der Waals surface area contributed by atoms with Crippen LogP contribution in [0, 0.1) is 17.5 Å². The molecule has 1 heterocycles. The summed E-state index contributed by atoms with van der Waals surface area (Å²) >= 11 is 0. The summed E-state index contributed by atoms with van der Waals surface area (Å²) in [5, 5.41) is 14.1. The Morgan fingerprint density at radius 2 is 1.80 bits per heavy atom. The topological polar surface area (TPSA) is 38.0 Å². The van der Waals surface area contributed by atoms with Crippen LogP contribution in [0.5, 0.6) is 0 Å². The van der Waals surface area contributed by atoms with Gasteiger partial charge in [-0.1, -0.05) is 0 Å². The minimum absolute atomic E-state index is 0.0425. The summed E-state index contributed by atoms with van der Waals surface area (Å²) in [5.41, 5.74) is -0.0279. The fourth-order valence-corrected chi connectivity index (χ4v) is 1.95. The van der Waals surface area contributed by atoms with Crippen LogP contribution in [0.4, 0.5) is 13.2 Å². The van der Waals surface area contributed by atoms with Crippen LogP contribution < -0.4 is 0 Å². The highest BCUT2D eigenvalue weighted by atomic mass is 19.1. The van der Waals surface area contributed by atoms with Crippen molar-refractivity contribution in [3.63, 3.8) is 0 Å². The van der Waals surface area contributed by atoms with Crippen LogP contribution in [0.1, 0.15) is 37.3 Å². The lowest BCUT2D eigenvalue weighted by Gasteiger charge is -2.12. The van der Waals surface area contributed by atoms with E-state index in [-0.39, 0.29) is 12.5 Å². The molecular formula is C14H15F3N2O. The Balaban J connectivity index is 2.21. The van der Waals surface area contributed by atoms with Crippen molar-refractivity contribution < 1.29 is 18.3 Å². The second-order valence-corrected chi connectivity index (χ2v) is 4.88. The van der Waals surface area contributed by atoms with E-state index in [9.17, 15) is 18.3 Å². The Morgan fingerprint density at radius 3 is 2.30 bits per heavy atom. The first-order valence-electron chi connectivity index (χ1n) is 6.25. The zero-order chi connectivity index (χ0) is 14.9. The molecule has 1 N–H and O–H groups in total. The summed E-state index contributed by atoms with van der Waals surface area (Å²) < 4.78 is 41.6. The number of rotatable bonds is 4. The number of aromatic nitrogens is 2. The van der Waals surface area contributed by atoms with Crippen molar-refractivity contribution in [3.05, 3.63) is 53.1 Å². The zero-order valence-corrected chi connectivity index (χ0v) is 11.1. The molecule has 108 valence electrons. The number of nitrogens with zero attached hydrogens (tertiary/aromatic N) is 2. The number of aliphatic hydroxyl groups is 1. The molecule has 1 aromatic carbocycles. The quantitative estimate of drug-likeness (QED) is 0.936. The van der Waals surface area contributed by atoms with Crippen molar-refractivity contribution >= 4 is 0 Å². The molecule has 6 heteroatoms. The molecule has 3 nitrogen and oxygen atoms in total. The molecule has 0 saturated heterocycles. The van der Waals surface area contributed by atoms with E-state index in [0.717, 1.165) is 0 Å². The van der Waals surface area contributed by atoms with Crippen LogP contribution in [-0.4, -0.2) is 14.9 Å². The lowest BCUT2D eigenvalue weighted by atomic mass is 10.0. The van der Waals surface area contributed by atoms with E-state index in [1.165, 1.54) is 0 Å². The molecule has 0 aliphatic carbocycles. The van der Waals surface area contributed by atoms with Crippen LogP contribution in [0.25, 0.3) is 0 Å². The number of halogens is 3. The molecular weight excluding hydrogens is 269 g/mol. The molecule has 2 rings (SSSR count). The van der Waals surface area contributed by atoms with Gasteiger partial charge in [-0.2, -0.15) is 5.10 Å². The molecule has 0 bridgehead atoms. The highest BCUT2D eigenvalue weighted by Crippen LogP contribution is 2.24. The third kappa shape index (κ3) is 3.01. The van der Waals surface area contributed by atoms with Crippen molar-refractivity contribution in [2.45, 2.75) is 32.4 Å². The third-order valence-corrected chi connectivity index (χ3v) is 2.97. The molecule has 1 atom stereocenters. The molecule has 2 aromatic rings. The maximum absolute atomic E-state index is 13.5. The fourth-order valence-electron chi connectivity index (χ4n) is 1.95. The first kappa shape index (κ1) is 14.6. The van der Waals surface area contributed by atoms with Gasteiger partial charge in [-0.05, 0) is 19.9 Å². The Morgan fingerprint density at radius 1 is 1.20 bits per heavy atom. The van der Waals surface area contributed by atoms with Crippen LogP contribution in [-0.2, 0) is 6.42 Å². The van der Waals surface area contributed by atoms with E-state index >= 15 is 0 Å². The highest BCUT2D eigenvalue weighted by Gasteiger charge is 2.20. The summed E-state index contributed by atoms with van der Waals surface area (Å²) in [7, 11) is 0. The van der Waals surface area contributed by atoms with Crippen LogP contribution >= 0.6 is 0 Å². The van der Waals surface area contributed by atoms with Crippen LogP contribution in [0.2, 0.25) is 0 Å². The van der Waals surface area contributed by atoms with Gasteiger partial charge in [-0.3, -0.25) is 4.68 Å². The Kier molecular flexibility index (Phi) is 4.13. The Bertz CT molecular complexity index is 587. The zero-order valence-electron chi connectivity index (χ0n) is 11.1. The van der Waals surface area contributed by atoms with E-state index in [1.807, 2.05) is 13.8 Å². The van der Waals surface area contributed by atoms with Crippen LogP contribution in [0.3, 0.4) is 0 Å². The molecule has 1 aromatic heterocycles.